The molecule has 0 saturated heterocycles. The lowest BCUT2D eigenvalue weighted by atomic mass is 10.1. The van der Waals surface area contributed by atoms with Crippen molar-refractivity contribution in [1.82, 2.24) is 0 Å². The summed E-state index contributed by atoms with van der Waals surface area (Å²) in [6.45, 7) is 6.52. The number of ether oxygens (including phenoxy) is 3. The fraction of sp³-hybridized carbons (Fsp3) is 0.732. The Morgan fingerprint density at radius 3 is 1.11 bits per heavy atom. The zero-order chi connectivity index (χ0) is 45.1. The molecule has 1 atom stereocenters. The maximum Gasteiger partial charge on any atom is 0.306 e. The Labute approximate surface area is 382 Å². The molecule has 6 heteroatoms. The Morgan fingerprint density at radius 1 is 0.339 bits per heavy atom. The Balaban J connectivity index is 4.49. The van der Waals surface area contributed by atoms with Gasteiger partial charge in [0.1, 0.15) is 13.2 Å². The summed E-state index contributed by atoms with van der Waals surface area (Å²) in [5.41, 5.74) is 0. The van der Waals surface area contributed by atoms with Crippen molar-refractivity contribution in [3.05, 3.63) is 72.9 Å². The summed E-state index contributed by atoms with van der Waals surface area (Å²) in [5.74, 6) is -1.02. The third kappa shape index (κ3) is 47.9. The molecule has 0 rings (SSSR count). The highest BCUT2D eigenvalue weighted by Gasteiger charge is 2.19. The van der Waals surface area contributed by atoms with E-state index in [-0.39, 0.29) is 37.5 Å². The summed E-state index contributed by atoms with van der Waals surface area (Å²) in [6.07, 6.45) is 63.2. The van der Waals surface area contributed by atoms with Gasteiger partial charge in [-0.3, -0.25) is 14.4 Å². The molecule has 1 unspecified atom stereocenters. The van der Waals surface area contributed by atoms with Crippen LogP contribution in [0.2, 0.25) is 0 Å². The van der Waals surface area contributed by atoms with E-state index in [1.807, 2.05) is 6.08 Å². The standard InChI is InChI=1S/C56H96O6/c1-4-7-10-13-16-19-22-25-26-27-28-29-32-34-37-40-43-46-49-55(58)61-52-53(62-56(59)50-47-44-41-38-35-31-24-21-18-15-12-9-6-3)51-60-54(57)48-45-42-39-36-33-30-23-20-17-14-11-8-5-2/h22,25-31,33,35,41,44,53H,4-21,23-24,32,34,36-40,42-43,45-52H2,1-3H3/b25-22+,27-26+,29-28+,33-30+,35-31+,44-41+. The van der Waals surface area contributed by atoms with E-state index in [0.717, 1.165) is 89.9 Å². The molecular formula is C56H96O6. The second-order valence-corrected chi connectivity index (χ2v) is 17.1. The summed E-state index contributed by atoms with van der Waals surface area (Å²) < 4.78 is 16.7. The maximum atomic E-state index is 12.7. The van der Waals surface area contributed by atoms with Crippen LogP contribution in [0.1, 0.15) is 245 Å². The van der Waals surface area contributed by atoms with Gasteiger partial charge in [0.15, 0.2) is 6.10 Å². The van der Waals surface area contributed by atoms with Crippen molar-refractivity contribution in [3.8, 4) is 0 Å². The van der Waals surface area contributed by atoms with E-state index in [1.165, 1.54) is 109 Å². The van der Waals surface area contributed by atoms with Crippen molar-refractivity contribution in [1.29, 1.82) is 0 Å². The summed E-state index contributed by atoms with van der Waals surface area (Å²) in [4.78, 5) is 37.9. The smallest absolute Gasteiger partial charge is 0.306 e. The molecule has 0 saturated carbocycles. The third-order valence-electron chi connectivity index (χ3n) is 11.0. The van der Waals surface area contributed by atoms with Gasteiger partial charge in [-0.05, 0) is 89.9 Å². The summed E-state index contributed by atoms with van der Waals surface area (Å²) in [5, 5.41) is 0. The Kier molecular flexibility index (Phi) is 47.9. The minimum absolute atomic E-state index is 0.113. The van der Waals surface area contributed by atoms with Crippen LogP contribution < -0.4 is 0 Å². The molecule has 0 aliphatic heterocycles. The molecule has 0 spiro atoms. The molecule has 0 aromatic carbocycles. The Hall–Kier alpha value is -3.15. The largest absolute Gasteiger partial charge is 0.462 e. The molecule has 0 heterocycles. The first kappa shape index (κ1) is 58.9. The van der Waals surface area contributed by atoms with Gasteiger partial charge in [0.05, 0.1) is 0 Å². The summed E-state index contributed by atoms with van der Waals surface area (Å²) in [7, 11) is 0. The summed E-state index contributed by atoms with van der Waals surface area (Å²) >= 11 is 0. The number of carbonyl (C=O) groups excluding carboxylic acids is 3. The number of allylic oxidation sites excluding steroid dienone is 12. The van der Waals surface area contributed by atoms with Crippen molar-refractivity contribution >= 4 is 17.9 Å². The van der Waals surface area contributed by atoms with Gasteiger partial charge in [0.2, 0.25) is 0 Å². The average molecular weight is 865 g/mol. The fourth-order valence-electron chi connectivity index (χ4n) is 7.02. The molecule has 0 bridgehead atoms. The van der Waals surface area contributed by atoms with Crippen LogP contribution in [-0.4, -0.2) is 37.2 Å². The highest BCUT2D eigenvalue weighted by molar-refractivity contribution is 5.71. The van der Waals surface area contributed by atoms with Crippen LogP contribution in [0, 0.1) is 0 Å². The Bertz CT molecular complexity index is 1180. The van der Waals surface area contributed by atoms with E-state index in [2.05, 4.69) is 87.6 Å². The average Bonchev–Trinajstić information content (AvgIpc) is 3.27. The molecule has 0 aromatic rings. The molecule has 0 aliphatic carbocycles. The number of rotatable bonds is 46. The van der Waals surface area contributed by atoms with E-state index < -0.39 is 6.10 Å². The van der Waals surface area contributed by atoms with Crippen molar-refractivity contribution in [3.63, 3.8) is 0 Å². The fourth-order valence-corrected chi connectivity index (χ4v) is 7.02. The van der Waals surface area contributed by atoms with Gasteiger partial charge in [0.25, 0.3) is 0 Å². The monoisotopic (exact) mass is 865 g/mol. The minimum atomic E-state index is -0.819. The first-order chi connectivity index (χ1) is 30.5. The minimum Gasteiger partial charge on any atom is -0.462 e. The van der Waals surface area contributed by atoms with Gasteiger partial charge in [-0.15, -0.1) is 0 Å². The lowest BCUT2D eigenvalue weighted by molar-refractivity contribution is -0.166. The molecular weight excluding hydrogens is 769 g/mol. The highest BCUT2D eigenvalue weighted by atomic mass is 16.6. The number of esters is 3. The Morgan fingerprint density at radius 2 is 0.677 bits per heavy atom. The number of hydrogen-bond donors (Lipinski definition) is 0. The predicted molar refractivity (Wildman–Crippen MR) is 265 cm³/mol. The first-order valence-corrected chi connectivity index (χ1v) is 26.0. The van der Waals surface area contributed by atoms with Crippen LogP contribution in [0.4, 0.5) is 0 Å². The van der Waals surface area contributed by atoms with Crippen molar-refractivity contribution in [2.45, 2.75) is 252 Å². The topological polar surface area (TPSA) is 78.9 Å². The number of hydrogen-bond acceptors (Lipinski definition) is 6. The normalized spacial score (nSPS) is 12.6. The lowest BCUT2D eigenvalue weighted by Gasteiger charge is -2.18. The van der Waals surface area contributed by atoms with Crippen LogP contribution in [0.25, 0.3) is 0 Å². The SMILES string of the molecule is CCCCCCC/C=C/C=C/C=C/CCCCCCCC(=O)OCC(COC(=O)CCCCC/C=C/CCCCCCCC)OC(=O)CC/C=C/C/C=C/CCCCCCCC. The van der Waals surface area contributed by atoms with Crippen LogP contribution in [0.5, 0.6) is 0 Å². The molecule has 62 heavy (non-hydrogen) atoms. The van der Waals surface area contributed by atoms with Gasteiger partial charge in [-0.2, -0.15) is 0 Å². The van der Waals surface area contributed by atoms with Crippen LogP contribution in [-0.2, 0) is 28.6 Å². The van der Waals surface area contributed by atoms with Crippen LogP contribution in [0.3, 0.4) is 0 Å². The van der Waals surface area contributed by atoms with Crippen molar-refractivity contribution in [2.75, 3.05) is 13.2 Å². The first-order valence-electron chi connectivity index (χ1n) is 26.0. The van der Waals surface area contributed by atoms with Gasteiger partial charge >= 0.3 is 17.9 Å². The molecule has 0 fully saturated rings. The molecule has 0 radical (unpaired) electrons. The van der Waals surface area contributed by atoms with E-state index in [0.29, 0.717) is 19.3 Å². The molecule has 0 aliphatic rings. The zero-order valence-electron chi connectivity index (χ0n) is 40.6. The quantitative estimate of drug-likeness (QED) is 0.0199. The van der Waals surface area contributed by atoms with E-state index in [1.54, 1.807) is 0 Å². The maximum absolute atomic E-state index is 12.7. The van der Waals surface area contributed by atoms with Gasteiger partial charge < -0.3 is 14.2 Å². The highest BCUT2D eigenvalue weighted by Crippen LogP contribution is 2.13. The second kappa shape index (κ2) is 50.5. The summed E-state index contributed by atoms with van der Waals surface area (Å²) in [6, 6.07) is 0. The number of carbonyl (C=O) groups is 3. The van der Waals surface area contributed by atoms with Crippen LogP contribution >= 0.6 is 0 Å². The number of unbranched alkanes of at least 4 members (excludes halogenated alkanes) is 25. The van der Waals surface area contributed by atoms with Crippen LogP contribution in [0.15, 0.2) is 72.9 Å². The van der Waals surface area contributed by atoms with E-state index in [9.17, 15) is 14.4 Å². The van der Waals surface area contributed by atoms with Gasteiger partial charge in [-0.25, -0.2) is 0 Å². The lowest BCUT2D eigenvalue weighted by Crippen LogP contribution is -2.30. The second-order valence-electron chi connectivity index (χ2n) is 17.1. The van der Waals surface area contributed by atoms with E-state index in [4.69, 9.17) is 14.2 Å². The van der Waals surface area contributed by atoms with Gasteiger partial charge in [-0.1, -0.05) is 209 Å². The molecule has 6 nitrogen and oxygen atoms in total. The van der Waals surface area contributed by atoms with E-state index >= 15 is 0 Å². The van der Waals surface area contributed by atoms with Gasteiger partial charge in [0, 0.05) is 19.3 Å². The molecule has 0 N–H and O–H groups in total. The molecule has 356 valence electrons. The zero-order valence-corrected chi connectivity index (χ0v) is 40.6. The molecule has 0 amide bonds. The predicted octanol–water partition coefficient (Wildman–Crippen LogP) is 17.0. The third-order valence-corrected chi connectivity index (χ3v) is 11.0. The van der Waals surface area contributed by atoms with Crippen molar-refractivity contribution < 1.29 is 28.6 Å². The van der Waals surface area contributed by atoms with Crippen molar-refractivity contribution in [2.24, 2.45) is 0 Å². The molecule has 0 aromatic heterocycles.